The third-order valence-corrected chi connectivity index (χ3v) is 10.6. The van der Waals surface area contributed by atoms with Crippen LogP contribution < -0.4 is 0 Å². The molecule has 0 radical (unpaired) electrons. The zero-order valence-corrected chi connectivity index (χ0v) is 22.8. The van der Waals surface area contributed by atoms with Crippen LogP contribution in [0.2, 0.25) is 0 Å². The Balaban J connectivity index is 1.66. The van der Waals surface area contributed by atoms with Crippen LogP contribution in [0.4, 0.5) is 0 Å². The standard InChI is InChI=1S/C28H35NO2P2S/c1-32(2)29(33(3)4)24-31-21-20-30-22-23-34-28(25-14-8-5-9-15-25,26-16-10-6-11-17-26)27-18-12-7-13-19-27/h5-19H,1,3,20-24H2,2,4H3/q+2. The molecule has 3 aromatic rings. The molecule has 3 rings (SSSR count). The van der Waals surface area contributed by atoms with Crippen LogP contribution in [-0.2, 0) is 14.2 Å². The van der Waals surface area contributed by atoms with Gasteiger partial charge in [-0.1, -0.05) is 91.0 Å². The van der Waals surface area contributed by atoms with E-state index in [9.17, 15) is 0 Å². The van der Waals surface area contributed by atoms with Gasteiger partial charge in [0.05, 0.1) is 41.6 Å². The molecule has 0 amide bonds. The highest BCUT2D eigenvalue weighted by Gasteiger charge is 2.36. The van der Waals surface area contributed by atoms with E-state index in [1.807, 2.05) is 11.8 Å². The molecule has 0 bridgehead atoms. The second kappa shape index (κ2) is 14.0. The molecule has 0 aliphatic carbocycles. The molecule has 178 valence electrons. The van der Waals surface area contributed by atoms with Gasteiger partial charge in [0.25, 0.3) is 0 Å². The summed E-state index contributed by atoms with van der Waals surface area (Å²) in [5.74, 6) is 0.864. The molecule has 0 spiro atoms. The number of rotatable bonds is 14. The zero-order chi connectivity index (χ0) is 24.2. The summed E-state index contributed by atoms with van der Waals surface area (Å²) in [6.45, 7) is 6.67. The van der Waals surface area contributed by atoms with Crippen LogP contribution in [-0.4, -0.2) is 62.7 Å². The summed E-state index contributed by atoms with van der Waals surface area (Å²) < 4.78 is 13.7. The van der Waals surface area contributed by atoms with E-state index in [0.29, 0.717) is 26.6 Å². The molecule has 0 aliphatic rings. The van der Waals surface area contributed by atoms with Crippen molar-refractivity contribution in [1.29, 1.82) is 0 Å². The molecule has 0 N–H and O–H groups in total. The number of ether oxygens (including phenoxy) is 2. The van der Waals surface area contributed by atoms with Crippen molar-refractivity contribution in [3.8, 4) is 0 Å². The first-order valence-electron chi connectivity index (χ1n) is 11.4. The van der Waals surface area contributed by atoms with Crippen molar-refractivity contribution in [3.63, 3.8) is 0 Å². The van der Waals surface area contributed by atoms with Gasteiger partial charge in [-0.15, -0.1) is 11.8 Å². The summed E-state index contributed by atoms with van der Waals surface area (Å²) >= 11 is 1.92. The molecular weight excluding hydrogens is 476 g/mol. The smallest absolute Gasteiger partial charge is 0.221 e. The van der Waals surface area contributed by atoms with E-state index < -0.39 is 15.4 Å². The number of hydrogen-bond acceptors (Lipinski definition) is 4. The second-order valence-electron chi connectivity index (χ2n) is 7.97. The lowest BCUT2D eigenvalue weighted by atomic mass is 9.84. The first-order chi connectivity index (χ1) is 16.6. The lowest BCUT2D eigenvalue weighted by molar-refractivity contribution is 0.0396. The summed E-state index contributed by atoms with van der Waals surface area (Å²) in [7, 11) is -0.866. The van der Waals surface area contributed by atoms with E-state index in [4.69, 9.17) is 9.47 Å². The lowest BCUT2D eigenvalue weighted by Gasteiger charge is -2.35. The molecule has 0 aliphatic heterocycles. The predicted molar refractivity (Wildman–Crippen MR) is 155 cm³/mol. The highest BCUT2D eigenvalue weighted by Crippen LogP contribution is 2.48. The highest BCUT2D eigenvalue weighted by atomic mass is 32.2. The molecule has 0 heterocycles. The fourth-order valence-corrected chi connectivity index (χ4v) is 7.90. The average molecular weight is 512 g/mol. The van der Waals surface area contributed by atoms with Crippen LogP contribution >= 0.6 is 27.2 Å². The Morgan fingerprint density at radius 2 is 1.09 bits per heavy atom. The van der Waals surface area contributed by atoms with Crippen LogP contribution in [0.15, 0.2) is 91.0 Å². The summed E-state index contributed by atoms with van der Waals surface area (Å²) in [5, 5.41) is 0. The molecule has 3 nitrogen and oxygen atoms in total. The van der Waals surface area contributed by atoms with Gasteiger partial charge in [0, 0.05) is 5.75 Å². The largest absolute Gasteiger partial charge is 0.378 e. The van der Waals surface area contributed by atoms with Gasteiger partial charge in [-0.2, -0.15) is 0 Å². The number of benzene rings is 3. The predicted octanol–water partition coefficient (Wildman–Crippen LogP) is 6.92. The fourth-order valence-electron chi connectivity index (χ4n) is 3.85. The summed E-state index contributed by atoms with van der Waals surface area (Å²) in [5.41, 5.74) is 3.82. The minimum absolute atomic E-state index is 0.303. The van der Waals surface area contributed by atoms with Crippen molar-refractivity contribution in [2.75, 3.05) is 45.6 Å². The second-order valence-corrected chi connectivity index (χ2v) is 13.2. The SMILES string of the molecule is C=[P+](C)N(COCCOCCSC(c1ccccc1)(c1ccccc1)c1ccccc1)[P+](=C)C. The first-order valence-corrected chi connectivity index (χ1v) is 16.2. The minimum Gasteiger partial charge on any atom is -0.378 e. The van der Waals surface area contributed by atoms with E-state index in [1.165, 1.54) is 16.7 Å². The van der Waals surface area contributed by atoms with Crippen molar-refractivity contribution in [2.24, 2.45) is 0 Å². The van der Waals surface area contributed by atoms with Crippen LogP contribution in [0.25, 0.3) is 0 Å². The molecule has 3 aromatic carbocycles. The summed E-state index contributed by atoms with van der Waals surface area (Å²) in [6.07, 6.45) is 8.30. The van der Waals surface area contributed by atoms with E-state index in [-0.39, 0.29) is 4.75 Å². The Labute approximate surface area is 211 Å². The van der Waals surface area contributed by atoms with Crippen molar-refractivity contribution in [1.82, 2.24) is 4.44 Å². The average Bonchev–Trinajstić information content (AvgIpc) is 2.86. The Bertz CT molecular complexity index is 921. The van der Waals surface area contributed by atoms with E-state index in [1.54, 1.807) is 0 Å². The molecule has 6 heteroatoms. The van der Waals surface area contributed by atoms with Gasteiger partial charge in [-0.3, -0.25) is 0 Å². The molecule has 34 heavy (non-hydrogen) atoms. The number of thioether (sulfide) groups is 1. The minimum atomic E-state index is -0.433. The first kappa shape index (κ1) is 26.8. The molecule has 2 unspecified atom stereocenters. The third kappa shape index (κ3) is 7.12. The Kier molecular flexibility index (Phi) is 11.0. The van der Waals surface area contributed by atoms with E-state index >= 15 is 0 Å². The highest BCUT2D eigenvalue weighted by molar-refractivity contribution is 8.00. The molecule has 0 saturated carbocycles. The van der Waals surface area contributed by atoms with Gasteiger partial charge >= 0.3 is 0 Å². The third-order valence-electron chi connectivity index (χ3n) is 5.45. The van der Waals surface area contributed by atoms with Gasteiger partial charge in [0.2, 0.25) is 15.4 Å². The zero-order valence-electron chi connectivity index (χ0n) is 20.2. The van der Waals surface area contributed by atoms with Crippen molar-refractivity contribution in [3.05, 3.63) is 108 Å². The van der Waals surface area contributed by atoms with Gasteiger partial charge in [-0.25, -0.2) is 0 Å². The van der Waals surface area contributed by atoms with Crippen LogP contribution in [0.3, 0.4) is 0 Å². The molecular formula is C28H35NO2P2S+2. The van der Waals surface area contributed by atoms with Gasteiger partial charge in [-0.05, 0) is 16.7 Å². The van der Waals surface area contributed by atoms with Crippen molar-refractivity contribution in [2.45, 2.75) is 4.75 Å². The van der Waals surface area contributed by atoms with E-state index in [2.05, 4.69) is 121 Å². The molecule has 0 saturated heterocycles. The maximum atomic E-state index is 5.95. The summed E-state index contributed by atoms with van der Waals surface area (Å²) in [4.78, 5) is 0. The van der Waals surface area contributed by atoms with Crippen LogP contribution in [0.1, 0.15) is 16.7 Å². The van der Waals surface area contributed by atoms with Gasteiger partial charge in [0.1, 0.15) is 13.3 Å². The van der Waals surface area contributed by atoms with Crippen molar-refractivity contribution >= 4 is 39.8 Å². The number of hydrogen-bond donors (Lipinski definition) is 0. The quantitative estimate of drug-likeness (QED) is 0.101. The Morgan fingerprint density at radius 1 is 0.676 bits per heavy atom. The van der Waals surface area contributed by atoms with Gasteiger partial charge in [0.15, 0.2) is 6.73 Å². The monoisotopic (exact) mass is 511 g/mol. The topological polar surface area (TPSA) is 21.7 Å². The maximum absolute atomic E-state index is 5.95. The fraction of sp³-hybridized carbons (Fsp3) is 0.286. The van der Waals surface area contributed by atoms with Crippen LogP contribution in [0.5, 0.6) is 0 Å². The Morgan fingerprint density at radius 3 is 1.50 bits per heavy atom. The molecule has 0 aromatic heterocycles. The normalized spacial score (nSPS) is 12.6. The van der Waals surface area contributed by atoms with Crippen LogP contribution in [0, 0.1) is 0 Å². The van der Waals surface area contributed by atoms with E-state index in [0.717, 1.165) is 5.75 Å². The summed E-state index contributed by atoms with van der Waals surface area (Å²) in [6, 6.07) is 32.3. The van der Waals surface area contributed by atoms with Crippen molar-refractivity contribution < 1.29 is 9.47 Å². The maximum Gasteiger partial charge on any atom is 0.221 e. The Hall–Kier alpha value is -1.77. The number of nitrogens with zero attached hydrogens (tertiary/aromatic N) is 1. The molecule has 2 atom stereocenters. The molecule has 0 fully saturated rings. The van der Waals surface area contributed by atoms with Gasteiger partial charge < -0.3 is 9.47 Å². The lowest BCUT2D eigenvalue weighted by Crippen LogP contribution is -2.26.